The molecule has 3 heteroatoms. The summed E-state index contributed by atoms with van der Waals surface area (Å²) >= 11 is 0. The van der Waals surface area contributed by atoms with Gasteiger partial charge in [-0.25, -0.2) is 4.39 Å². The van der Waals surface area contributed by atoms with E-state index in [-0.39, 0.29) is 12.1 Å². The largest absolute Gasteiger partial charge is 0.350 e. The first kappa shape index (κ1) is 12.3. The third-order valence-corrected chi connectivity index (χ3v) is 2.85. The fraction of sp³-hybridized carbons (Fsp3) is 0.429. The quantitative estimate of drug-likeness (QED) is 0.799. The molecule has 0 aromatic heterocycles. The number of rotatable bonds is 4. The van der Waals surface area contributed by atoms with E-state index < -0.39 is 0 Å². The number of allylic oxidation sites excluding steroid dienone is 1. The van der Waals surface area contributed by atoms with Gasteiger partial charge in [0.15, 0.2) is 6.29 Å². The highest BCUT2D eigenvalue weighted by Crippen LogP contribution is 2.19. The fourth-order valence-corrected chi connectivity index (χ4v) is 1.92. The smallest absolute Gasteiger partial charge is 0.158 e. The molecule has 1 saturated heterocycles. The number of hydrogen-bond donors (Lipinski definition) is 0. The summed E-state index contributed by atoms with van der Waals surface area (Å²) in [6.45, 7) is 6.87. The van der Waals surface area contributed by atoms with Crippen LogP contribution < -0.4 is 0 Å². The summed E-state index contributed by atoms with van der Waals surface area (Å²) in [5, 5.41) is 0. The Balaban J connectivity index is 1.97. The Morgan fingerprint density at radius 3 is 2.71 bits per heavy atom. The molecule has 17 heavy (non-hydrogen) atoms. The minimum Gasteiger partial charge on any atom is -0.350 e. The van der Waals surface area contributed by atoms with Crippen LogP contribution in [0, 0.1) is 5.82 Å². The van der Waals surface area contributed by atoms with Crippen LogP contribution in [0.25, 0.3) is 5.57 Å². The van der Waals surface area contributed by atoms with Gasteiger partial charge in [-0.15, -0.1) is 0 Å². The molecule has 1 heterocycles. The number of aryl methyl sites for hydroxylation is 1. The summed E-state index contributed by atoms with van der Waals surface area (Å²) in [5.41, 5.74) is 2.30. The van der Waals surface area contributed by atoms with Crippen LogP contribution in [0.15, 0.2) is 24.8 Å². The van der Waals surface area contributed by atoms with E-state index in [1.165, 1.54) is 0 Å². The molecule has 0 amide bonds. The van der Waals surface area contributed by atoms with E-state index in [1.54, 1.807) is 19.1 Å². The third kappa shape index (κ3) is 3.14. The van der Waals surface area contributed by atoms with Gasteiger partial charge in [0.1, 0.15) is 5.82 Å². The van der Waals surface area contributed by atoms with Crippen molar-refractivity contribution in [1.82, 2.24) is 0 Å². The molecule has 1 aliphatic heterocycles. The molecule has 0 saturated carbocycles. The Morgan fingerprint density at radius 2 is 2.12 bits per heavy atom. The second kappa shape index (κ2) is 5.43. The zero-order valence-electron chi connectivity index (χ0n) is 10.0. The number of halogens is 1. The van der Waals surface area contributed by atoms with Gasteiger partial charge in [-0.05, 0) is 30.5 Å². The Bertz CT molecular complexity index is 409. The molecule has 0 aliphatic carbocycles. The van der Waals surface area contributed by atoms with E-state index in [0.29, 0.717) is 18.8 Å². The fourth-order valence-electron chi connectivity index (χ4n) is 1.92. The van der Waals surface area contributed by atoms with Crippen molar-refractivity contribution in [2.45, 2.75) is 26.1 Å². The van der Waals surface area contributed by atoms with Crippen molar-refractivity contribution in [3.63, 3.8) is 0 Å². The van der Waals surface area contributed by atoms with Gasteiger partial charge in [0, 0.05) is 12.0 Å². The molecule has 0 spiro atoms. The average molecular weight is 236 g/mol. The van der Waals surface area contributed by atoms with Crippen molar-refractivity contribution in [3.05, 3.63) is 41.7 Å². The lowest BCUT2D eigenvalue weighted by atomic mass is 10.0. The highest BCUT2D eigenvalue weighted by atomic mass is 19.1. The van der Waals surface area contributed by atoms with Gasteiger partial charge < -0.3 is 9.47 Å². The molecule has 92 valence electrons. The topological polar surface area (TPSA) is 18.5 Å². The summed E-state index contributed by atoms with van der Waals surface area (Å²) in [5.74, 6) is -0.205. The minimum absolute atomic E-state index is 0.126. The summed E-state index contributed by atoms with van der Waals surface area (Å²) in [4.78, 5) is 0. The predicted molar refractivity (Wildman–Crippen MR) is 65.1 cm³/mol. The van der Waals surface area contributed by atoms with Crippen LogP contribution in [0.2, 0.25) is 0 Å². The third-order valence-electron chi connectivity index (χ3n) is 2.85. The van der Waals surface area contributed by atoms with Gasteiger partial charge in [0.05, 0.1) is 13.2 Å². The van der Waals surface area contributed by atoms with Crippen LogP contribution in [-0.4, -0.2) is 19.5 Å². The molecule has 1 aliphatic rings. The molecule has 2 nitrogen and oxygen atoms in total. The molecule has 0 atom stereocenters. The summed E-state index contributed by atoms with van der Waals surface area (Å²) < 4.78 is 24.4. The molecule has 0 N–H and O–H groups in total. The predicted octanol–water partition coefficient (Wildman–Crippen LogP) is 3.16. The van der Waals surface area contributed by atoms with E-state index in [0.717, 1.165) is 24.0 Å². The molecule has 1 aromatic carbocycles. The molecule has 1 aromatic rings. The van der Waals surface area contributed by atoms with Crippen LogP contribution in [0.1, 0.15) is 24.5 Å². The van der Waals surface area contributed by atoms with E-state index in [9.17, 15) is 4.39 Å². The van der Waals surface area contributed by atoms with Crippen molar-refractivity contribution >= 4 is 5.57 Å². The summed E-state index contributed by atoms with van der Waals surface area (Å²) in [7, 11) is 0. The normalized spacial score (nSPS) is 16.4. The molecular formula is C14H17FO2. The molecule has 2 rings (SSSR count). The van der Waals surface area contributed by atoms with Crippen molar-refractivity contribution in [1.29, 1.82) is 0 Å². The molecule has 0 radical (unpaired) electrons. The Labute approximate surface area is 101 Å². The maximum atomic E-state index is 13.7. The maximum Gasteiger partial charge on any atom is 0.158 e. The van der Waals surface area contributed by atoms with Crippen LogP contribution in [0.3, 0.4) is 0 Å². The number of hydrogen-bond acceptors (Lipinski definition) is 2. The van der Waals surface area contributed by atoms with Gasteiger partial charge >= 0.3 is 0 Å². The lowest BCUT2D eigenvalue weighted by molar-refractivity contribution is -0.0462. The van der Waals surface area contributed by atoms with Gasteiger partial charge in [0.25, 0.3) is 0 Å². The maximum absolute atomic E-state index is 13.7. The van der Waals surface area contributed by atoms with E-state index >= 15 is 0 Å². The first-order valence-electron chi connectivity index (χ1n) is 5.84. The highest BCUT2D eigenvalue weighted by Gasteiger charge is 2.15. The number of ether oxygens (including phenoxy) is 2. The summed E-state index contributed by atoms with van der Waals surface area (Å²) in [6.07, 6.45) is 1.41. The second-order valence-corrected chi connectivity index (χ2v) is 4.30. The van der Waals surface area contributed by atoms with Crippen molar-refractivity contribution < 1.29 is 13.9 Å². The SMILES string of the molecule is C=C(C)c1ccc(CCC2OCCO2)cc1F. The van der Waals surface area contributed by atoms with Crippen LogP contribution in [0.4, 0.5) is 4.39 Å². The van der Waals surface area contributed by atoms with Crippen molar-refractivity contribution in [3.8, 4) is 0 Å². The lowest BCUT2D eigenvalue weighted by Crippen LogP contribution is -2.08. The van der Waals surface area contributed by atoms with Crippen LogP contribution >= 0.6 is 0 Å². The van der Waals surface area contributed by atoms with Gasteiger partial charge in [-0.3, -0.25) is 0 Å². The number of benzene rings is 1. The summed E-state index contributed by atoms with van der Waals surface area (Å²) in [6, 6.07) is 5.28. The zero-order valence-corrected chi connectivity index (χ0v) is 10.0. The van der Waals surface area contributed by atoms with E-state index in [2.05, 4.69) is 6.58 Å². The second-order valence-electron chi connectivity index (χ2n) is 4.30. The Kier molecular flexibility index (Phi) is 3.92. The Morgan fingerprint density at radius 1 is 1.41 bits per heavy atom. The Hall–Kier alpha value is -1.19. The standard InChI is InChI=1S/C14H17FO2/c1-10(2)12-5-3-11(9-13(12)15)4-6-14-16-7-8-17-14/h3,5,9,14H,1,4,6-8H2,2H3. The lowest BCUT2D eigenvalue weighted by Gasteiger charge is -2.09. The van der Waals surface area contributed by atoms with Crippen LogP contribution in [-0.2, 0) is 15.9 Å². The van der Waals surface area contributed by atoms with Gasteiger partial charge in [-0.1, -0.05) is 18.7 Å². The average Bonchev–Trinajstić information content (AvgIpc) is 2.78. The minimum atomic E-state index is -0.205. The molecular weight excluding hydrogens is 219 g/mol. The first-order valence-corrected chi connectivity index (χ1v) is 5.84. The van der Waals surface area contributed by atoms with E-state index in [1.807, 2.05) is 6.07 Å². The van der Waals surface area contributed by atoms with E-state index in [4.69, 9.17) is 9.47 Å². The highest BCUT2D eigenvalue weighted by molar-refractivity contribution is 5.62. The molecule has 1 fully saturated rings. The van der Waals surface area contributed by atoms with Gasteiger partial charge in [-0.2, -0.15) is 0 Å². The first-order chi connectivity index (χ1) is 8.16. The van der Waals surface area contributed by atoms with Gasteiger partial charge in [0.2, 0.25) is 0 Å². The monoisotopic (exact) mass is 236 g/mol. The zero-order chi connectivity index (χ0) is 12.3. The van der Waals surface area contributed by atoms with Crippen molar-refractivity contribution in [2.24, 2.45) is 0 Å². The van der Waals surface area contributed by atoms with Crippen molar-refractivity contribution in [2.75, 3.05) is 13.2 Å². The molecule has 0 bridgehead atoms. The van der Waals surface area contributed by atoms with Crippen LogP contribution in [0.5, 0.6) is 0 Å². The molecule has 0 unspecified atom stereocenters.